The van der Waals surface area contributed by atoms with Gasteiger partial charge in [0.15, 0.2) is 0 Å². The van der Waals surface area contributed by atoms with E-state index < -0.39 is 12.1 Å². The number of thiophene rings is 1. The fourth-order valence-corrected chi connectivity index (χ4v) is 5.31. The standard InChI is InChI=1S/C20H29N5O2S.C2HF3O2/c1-15-3-4-16(28-15)13-24-10-7-20(8-11-24)6-5-17-22-23-18(25(17)14-20)19(26)21-9-12-27-2;3-2(4,5)1(6)7/h3-4H,5-14H2,1-2H3,(H,21,26);(H,6,7). The average molecular weight is 518 g/mol. The zero-order valence-electron chi connectivity index (χ0n) is 19.7. The van der Waals surface area contributed by atoms with Crippen LogP contribution in [0.2, 0.25) is 0 Å². The van der Waals surface area contributed by atoms with Crippen LogP contribution in [0.25, 0.3) is 0 Å². The number of piperidine rings is 1. The molecule has 4 rings (SSSR count). The third-order valence-electron chi connectivity index (χ3n) is 6.33. The van der Waals surface area contributed by atoms with Crippen LogP contribution in [0.5, 0.6) is 0 Å². The van der Waals surface area contributed by atoms with E-state index in [0.29, 0.717) is 19.0 Å². The van der Waals surface area contributed by atoms with E-state index >= 15 is 0 Å². The zero-order valence-corrected chi connectivity index (χ0v) is 20.5. The Hall–Kier alpha value is -2.51. The predicted octanol–water partition coefficient (Wildman–Crippen LogP) is 2.89. The third-order valence-corrected chi connectivity index (χ3v) is 7.31. The number of carboxylic acids is 1. The molecule has 0 radical (unpaired) electrons. The van der Waals surface area contributed by atoms with Gasteiger partial charge in [-0.3, -0.25) is 9.69 Å². The molecule has 35 heavy (non-hydrogen) atoms. The molecule has 0 aliphatic carbocycles. The summed E-state index contributed by atoms with van der Waals surface area (Å²) in [6.07, 6.45) is -0.704. The molecule has 194 valence electrons. The van der Waals surface area contributed by atoms with E-state index in [1.54, 1.807) is 7.11 Å². The van der Waals surface area contributed by atoms with Crippen LogP contribution in [0.15, 0.2) is 12.1 Å². The minimum atomic E-state index is -5.08. The molecule has 2 aliphatic rings. The average Bonchev–Trinajstić information content (AvgIpc) is 3.41. The zero-order chi connectivity index (χ0) is 25.6. The van der Waals surface area contributed by atoms with Crippen LogP contribution in [0.4, 0.5) is 13.2 Å². The van der Waals surface area contributed by atoms with Gasteiger partial charge in [0.05, 0.1) is 6.61 Å². The van der Waals surface area contributed by atoms with E-state index in [-0.39, 0.29) is 11.3 Å². The highest BCUT2D eigenvalue weighted by Crippen LogP contribution is 2.41. The number of nitrogens with one attached hydrogen (secondary N) is 1. The number of carbonyl (C=O) groups excluding carboxylic acids is 1. The number of likely N-dealkylation sites (tertiary alicyclic amines) is 1. The van der Waals surface area contributed by atoms with Crippen molar-refractivity contribution in [3.63, 3.8) is 0 Å². The molecular weight excluding hydrogens is 487 g/mol. The Morgan fingerprint density at radius 1 is 1.23 bits per heavy atom. The maximum atomic E-state index is 12.5. The van der Waals surface area contributed by atoms with Crippen LogP contribution < -0.4 is 5.32 Å². The first-order valence-corrected chi connectivity index (χ1v) is 12.1. The molecule has 2 aromatic rings. The Bertz CT molecular complexity index is 1020. The first-order chi connectivity index (χ1) is 16.5. The lowest BCUT2D eigenvalue weighted by Gasteiger charge is -2.44. The van der Waals surface area contributed by atoms with E-state index in [0.717, 1.165) is 44.8 Å². The summed E-state index contributed by atoms with van der Waals surface area (Å²) < 4.78 is 38.8. The van der Waals surface area contributed by atoms with Gasteiger partial charge in [0.2, 0.25) is 5.82 Å². The maximum Gasteiger partial charge on any atom is 0.490 e. The number of alkyl halides is 3. The molecular formula is C22H30F3N5O4S. The van der Waals surface area contributed by atoms with Crippen LogP contribution in [0.3, 0.4) is 0 Å². The van der Waals surface area contributed by atoms with Gasteiger partial charge in [-0.25, -0.2) is 4.79 Å². The van der Waals surface area contributed by atoms with Crippen molar-refractivity contribution in [2.45, 2.75) is 51.9 Å². The third kappa shape index (κ3) is 7.24. The van der Waals surface area contributed by atoms with E-state index in [1.165, 1.54) is 22.6 Å². The lowest BCUT2D eigenvalue weighted by atomic mass is 9.73. The molecule has 2 aliphatic heterocycles. The number of hydrogen-bond donors (Lipinski definition) is 2. The smallest absolute Gasteiger partial charge is 0.475 e. The van der Waals surface area contributed by atoms with Crippen LogP contribution in [-0.4, -0.2) is 76.2 Å². The molecule has 2 N–H and O–H groups in total. The van der Waals surface area contributed by atoms with Crippen molar-refractivity contribution in [1.82, 2.24) is 25.0 Å². The van der Waals surface area contributed by atoms with Gasteiger partial charge in [0.25, 0.3) is 5.91 Å². The lowest BCUT2D eigenvalue weighted by Crippen LogP contribution is -2.44. The number of carbonyl (C=O) groups is 2. The molecule has 1 amide bonds. The Kier molecular flexibility index (Phi) is 8.89. The lowest BCUT2D eigenvalue weighted by molar-refractivity contribution is -0.192. The maximum absolute atomic E-state index is 12.5. The largest absolute Gasteiger partial charge is 0.490 e. The summed E-state index contributed by atoms with van der Waals surface area (Å²) in [6, 6.07) is 4.46. The number of aryl methyl sites for hydroxylation is 2. The molecule has 1 spiro atoms. The number of carboxylic acid groups (broad SMARTS) is 1. The number of amides is 1. The molecule has 1 fully saturated rings. The molecule has 1 saturated heterocycles. The highest BCUT2D eigenvalue weighted by Gasteiger charge is 2.40. The molecule has 0 aromatic carbocycles. The Morgan fingerprint density at radius 2 is 1.91 bits per heavy atom. The van der Waals surface area contributed by atoms with E-state index in [1.807, 2.05) is 11.3 Å². The second-order valence-electron chi connectivity index (χ2n) is 8.87. The number of rotatable bonds is 6. The van der Waals surface area contributed by atoms with Gasteiger partial charge in [-0.15, -0.1) is 21.5 Å². The number of halogens is 3. The van der Waals surface area contributed by atoms with Gasteiger partial charge in [0.1, 0.15) is 5.82 Å². The number of aromatic nitrogens is 3. The normalized spacial score (nSPS) is 17.4. The summed E-state index contributed by atoms with van der Waals surface area (Å²) >= 11 is 1.90. The Labute approximate surface area is 205 Å². The fraction of sp³-hybridized carbons (Fsp3) is 0.636. The van der Waals surface area contributed by atoms with E-state index in [4.69, 9.17) is 14.6 Å². The minimum absolute atomic E-state index is 0.154. The van der Waals surface area contributed by atoms with Crippen molar-refractivity contribution in [2.24, 2.45) is 5.41 Å². The molecule has 9 nitrogen and oxygen atoms in total. The summed E-state index contributed by atoms with van der Waals surface area (Å²) in [7, 11) is 1.63. The SMILES string of the molecule is COCCNC(=O)c1nnc2n1CC1(CC2)CCN(Cc2ccc(C)s2)CC1.O=C(O)C(F)(F)F. The molecule has 0 saturated carbocycles. The summed E-state index contributed by atoms with van der Waals surface area (Å²) in [5.74, 6) is -1.52. The summed E-state index contributed by atoms with van der Waals surface area (Å²) in [5.41, 5.74) is 0.263. The van der Waals surface area contributed by atoms with Gasteiger partial charge in [-0.05, 0) is 56.8 Å². The molecule has 0 unspecified atom stereocenters. The minimum Gasteiger partial charge on any atom is -0.475 e. The van der Waals surface area contributed by atoms with Crippen molar-refractivity contribution in [1.29, 1.82) is 0 Å². The number of nitrogens with zero attached hydrogens (tertiary/aromatic N) is 4. The van der Waals surface area contributed by atoms with Gasteiger partial charge in [-0.2, -0.15) is 13.2 Å². The van der Waals surface area contributed by atoms with Crippen molar-refractivity contribution in [3.8, 4) is 0 Å². The number of ether oxygens (including phenoxy) is 1. The number of hydrogen-bond acceptors (Lipinski definition) is 7. The molecule has 13 heteroatoms. The second kappa shape index (κ2) is 11.5. The molecule has 0 atom stereocenters. The predicted molar refractivity (Wildman–Crippen MR) is 122 cm³/mol. The number of fused-ring (bicyclic) bond motifs is 1. The van der Waals surface area contributed by atoms with Crippen LogP contribution in [0, 0.1) is 12.3 Å². The molecule has 4 heterocycles. The molecule has 0 bridgehead atoms. The first-order valence-electron chi connectivity index (χ1n) is 11.3. The fourth-order valence-electron chi connectivity index (χ4n) is 4.38. The van der Waals surface area contributed by atoms with Crippen LogP contribution in [0.1, 0.15) is 45.5 Å². The monoisotopic (exact) mass is 517 g/mol. The summed E-state index contributed by atoms with van der Waals surface area (Å²) in [4.78, 5) is 26.8. The Balaban J connectivity index is 0.000000429. The van der Waals surface area contributed by atoms with Gasteiger partial charge in [-0.1, -0.05) is 0 Å². The first kappa shape index (κ1) is 27.1. The van der Waals surface area contributed by atoms with E-state index in [9.17, 15) is 18.0 Å². The number of methoxy groups -OCH3 is 1. The highest BCUT2D eigenvalue weighted by atomic mass is 32.1. The van der Waals surface area contributed by atoms with Gasteiger partial charge in [0, 0.05) is 42.9 Å². The van der Waals surface area contributed by atoms with Crippen LogP contribution >= 0.6 is 11.3 Å². The Morgan fingerprint density at radius 3 is 2.49 bits per heavy atom. The van der Waals surface area contributed by atoms with Gasteiger partial charge >= 0.3 is 12.1 Å². The number of aliphatic carboxylic acids is 1. The summed E-state index contributed by atoms with van der Waals surface area (Å²) in [6.45, 7) is 7.29. The van der Waals surface area contributed by atoms with Crippen molar-refractivity contribution in [3.05, 3.63) is 33.5 Å². The van der Waals surface area contributed by atoms with E-state index in [2.05, 4.69) is 44.0 Å². The molecule has 2 aromatic heterocycles. The van der Waals surface area contributed by atoms with Gasteiger partial charge < -0.3 is 19.7 Å². The van der Waals surface area contributed by atoms with Crippen LogP contribution in [-0.2, 0) is 29.0 Å². The quantitative estimate of drug-likeness (QED) is 0.567. The summed E-state index contributed by atoms with van der Waals surface area (Å²) in [5, 5.41) is 18.4. The highest BCUT2D eigenvalue weighted by molar-refractivity contribution is 7.11. The van der Waals surface area contributed by atoms with Crippen molar-refractivity contribution >= 4 is 23.2 Å². The second-order valence-corrected chi connectivity index (χ2v) is 10.2. The van der Waals surface area contributed by atoms with Crippen molar-refractivity contribution in [2.75, 3.05) is 33.4 Å². The van der Waals surface area contributed by atoms with Crippen molar-refractivity contribution < 1.29 is 32.6 Å². The topological polar surface area (TPSA) is 110 Å².